The third kappa shape index (κ3) is 4.70. The lowest BCUT2D eigenvalue weighted by Crippen LogP contribution is -2.32. The zero-order valence-corrected chi connectivity index (χ0v) is 11.3. The number of nitrogens with two attached hydrogens (primary N) is 1. The highest BCUT2D eigenvalue weighted by atomic mass is 19.1. The van der Waals surface area contributed by atoms with Crippen molar-refractivity contribution in [1.29, 1.82) is 0 Å². The van der Waals surface area contributed by atoms with Gasteiger partial charge in [0.15, 0.2) is 0 Å². The van der Waals surface area contributed by atoms with E-state index in [1.807, 2.05) is 11.9 Å². The van der Waals surface area contributed by atoms with Crippen LogP contribution in [-0.4, -0.2) is 25.0 Å². The Labute approximate surface area is 108 Å². The van der Waals surface area contributed by atoms with E-state index in [-0.39, 0.29) is 5.41 Å². The van der Waals surface area contributed by atoms with Crippen molar-refractivity contribution in [2.24, 2.45) is 11.1 Å². The zero-order chi connectivity index (χ0) is 13.8. The monoisotopic (exact) mass is 256 g/mol. The minimum Gasteiger partial charge on any atom is -0.330 e. The van der Waals surface area contributed by atoms with Gasteiger partial charge in [0, 0.05) is 24.7 Å². The molecule has 1 rings (SSSR count). The second-order valence-electron chi connectivity index (χ2n) is 5.61. The quantitative estimate of drug-likeness (QED) is 0.848. The first-order chi connectivity index (χ1) is 8.34. The van der Waals surface area contributed by atoms with Gasteiger partial charge in [-0.05, 0) is 31.5 Å². The van der Waals surface area contributed by atoms with Crippen LogP contribution >= 0.6 is 0 Å². The maximum absolute atomic E-state index is 13.5. The Bertz CT molecular complexity index is 391. The molecule has 0 spiro atoms. The van der Waals surface area contributed by atoms with Gasteiger partial charge in [-0.1, -0.05) is 19.9 Å². The molecule has 0 saturated carbocycles. The van der Waals surface area contributed by atoms with E-state index in [9.17, 15) is 8.78 Å². The summed E-state index contributed by atoms with van der Waals surface area (Å²) in [6.45, 7) is 6.21. The van der Waals surface area contributed by atoms with Crippen molar-refractivity contribution >= 4 is 0 Å². The van der Waals surface area contributed by atoms with Crippen LogP contribution in [0.2, 0.25) is 0 Å². The number of benzene rings is 1. The van der Waals surface area contributed by atoms with Crippen molar-refractivity contribution in [2.75, 3.05) is 20.1 Å². The van der Waals surface area contributed by atoms with Gasteiger partial charge in [0.2, 0.25) is 0 Å². The summed E-state index contributed by atoms with van der Waals surface area (Å²) in [5.41, 5.74) is 6.18. The summed E-state index contributed by atoms with van der Waals surface area (Å²) in [6, 6.07) is 3.71. The first kappa shape index (κ1) is 15.1. The summed E-state index contributed by atoms with van der Waals surface area (Å²) in [6.07, 6.45) is 0.920. The number of hydrogen-bond donors (Lipinski definition) is 1. The van der Waals surface area contributed by atoms with E-state index in [1.165, 1.54) is 12.1 Å². The first-order valence-corrected chi connectivity index (χ1v) is 6.16. The maximum Gasteiger partial charge on any atom is 0.130 e. The smallest absolute Gasteiger partial charge is 0.130 e. The fourth-order valence-corrected chi connectivity index (χ4v) is 2.20. The summed E-state index contributed by atoms with van der Waals surface area (Å²) >= 11 is 0. The van der Waals surface area contributed by atoms with Crippen molar-refractivity contribution < 1.29 is 8.78 Å². The van der Waals surface area contributed by atoms with Gasteiger partial charge in [0.25, 0.3) is 0 Å². The van der Waals surface area contributed by atoms with Crippen molar-refractivity contribution in [3.8, 4) is 0 Å². The van der Waals surface area contributed by atoms with Gasteiger partial charge in [-0.15, -0.1) is 0 Å². The van der Waals surface area contributed by atoms with E-state index in [1.54, 1.807) is 0 Å². The molecule has 0 amide bonds. The van der Waals surface area contributed by atoms with Gasteiger partial charge in [0.1, 0.15) is 11.6 Å². The minimum atomic E-state index is -0.539. The summed E-state index contributed by atoms with van der Waals surface area (Å²) in [4.78, 5) is 2.03. The van der Waals surface area contributed by atoms with Crippen molar-refractivity contribution in [2.45, 2.75) is 26.8 Å². The van der Waals surface area contributed by atoms with E-state index in [4.69, 9.17) is 5.73 Å². The number of hydrogen-bond acceptors (Lipinski definition) is 2. The molecule has 102 valence electrons. The maximum atomic E-state index is 13.5. The Morgan fingerprint density at radius 3 is 2.50 bits per heavy atom. The highest BCUT2D eigenvalue weighted by Crippen LogP contribution is 2.21. The highest BCUT2D eigenvalue weighted by Gasteiger charge is 2.19. The molecule has 0 saturated heterocycles. The topological polar surface area (TPSA) is 29.3 Å². The molecule has 18 heavy (non-hydrogen) atoms. The van der Waals surface area contributed by atoms with Crippen molar-refractivity contribution in [1.82, 2.24) is 4.90 Å². The van der Waals surface area contributed by atoms with E-state index in [2.05, 4.69) is 13.8 Å². The van der Waals surface area contributed by atoms with Gasteiger partial charge in [-0.2, -0.15) is 0 Å². The largest absolute Gasteiger partial charge is 0.330 e. The molecule has 4 heteroatoms. The summed E-state index contributed by atoms with van der Waals surface area (Å²) in [5, 5.41) is 0. The van der Waals surface area contributed by atoms with E-state index in [0.29, 0.717) is 18.7 Å². The van der Waals surface area contributed by atoms with Gasteiger partial charge < -0.3 is 10.6 Å². The van der Waals surface area contributed by atoms with Crippen LogP contribution in [-0.2, 0) is 6.54 Å². The van der Waals surface area contributed by atoms with Gasteiger partial charge in [-0.3, -0.25) is 0 Å². The summed E-state index contributed by atoms with van der Waals surface area (Å²) < 4.78 is 26.3. The molecule has 0 heterocycles. The lowest BCUT2D eigenvalue weighted by atomic mass is 9.89. The standard InChI is InChI=1S/C14H22F2N2/c1-14(2,6-7-17)10-18(3)9-11-4-5-12(15)8-13(11)16/h4-5,8H,6-7,9-10,17H2,1-3H3. The fourth-order valence-electron chi connectivity index (χ4n) is 2.20. The molecule has 0 bridgehead atoms. The number of nitrogens with zero attached hydrogens (tertiary/aromatic N) is 1. The summed E-state index contributed by atoms with van der Waals surface area (Å²) in [7, 11) is 1.93. The van der Waals surface area contributed by atoms with Crippen LogP contribution in [0.15, 0.2) is 18.2 Å². The second-order valence-corrected chi connectivity index (χ2v) is 5.61. The SMILES string of the molecule is CN(Cc1ccc(F)cc1F)CC(C)(C)CCN. The molecule has 0 aliphatic heterocycles. The lowest BCUT2D eigenvalue weighted by Gasteiger charge is -2.30. The summed E-state index contributed by atoms with van der Waals surface area (Å²) in [5.74, 6) is -1.03. The molecular formula is C14H22F2N2. The van der Waals surface area contributed by atoms with Gasteiger partial charge in [0.05, 0.1) is 0 Å². The predicted molar refractivity (Wildman–Crippen MR) is 70.1 cm³/mol. The van der Waals surface area contributed by atoms with E-state index < -0.39 is 11.6 Å². The number of halogens is 2. The molecule has 0 aromatic heterocycles. The average molecular weight is 256 g/mol. The predicted octanol–water partition coefficient (Wildman–Crippen LogP) is 2.77. The zero-order valence-electron chi connectivity index (χ0n) is 11.3. The van der Waals surface area contributed by atoms with E-state index >= 15 is 0 Å². The third-order valence-corrected chi connectivity index (χ3v) is 2.97. The molecular weight excluding hydrogens is 234 g/mol. The molecule has 0 aliphatic carbocycles. The van der Waals surface area contributed by atoms with Crippen LogP contribution < -0.4 is 5.73 Å². The Kier molecular flexibility index (Phi) is 5.23. The van der Waals surface area contributed by atoms with Gasteiger partial charge in [-0.25, -0.2) is 8.78 Å². The Morgan fingerprint density at radius 1 is 1.28 bits per heavy atom. The molecule has 0 fully saturated rings. The minimum absolute atomic E-state index is 0.0972. The van der Waals surface area contributed by atoms with Crippen LogP contribution in [0.3, 0.4) is 0 Å². The second kappa shape index (κ2) is 6.25. The first-order valence-electron chi connectivity index (χ1n) is 6.16. The molecule has 0 aliphatic rings. The van der Waals surface area contributed by atoms with Crippen LogP contribution in [0, 0.1) is 17.0 Å². The fraction of sp³-hybridized carbons (Fsp3) is 0.571. The van der Waals surface area contributed by atoms with Crippen LogP contribution in [0.1, 0.15) is 25.8 Å². The number of rotatable bonds is 6. The van der Waals surface area contributed by atoms with Crippen LogP contribution in [0.25, 0.3) is 0 Å². The molecule has 1 aromatic rings. The lowest BCUT2D eigenvalue weighted by molar-refractivity contribution is 0.193. The molecule has 0 atom stereocenters. The molecule has 0 radical (unpaired) electrons. The van der Waals surface area contributed by atoms with Gasteiger partial charge >= 0.3 is 0 Å². The van der Waals surface area contributed by atoms with Crippen molar-refractivity contribution in [3.05, 3.63) is 35.4 Å². The molecule has 2 N–H and O–H groups in total. The Balaban J connectivity index is 2.61. The third-order valence-electron chi connectivity index (χ3n) is 2.97. The normalized spacial score (nSPS) is 12.2. The Hall–Kier alpha value is -1.00. The molecule has 0 unspecified atom stereocenters. The van der Waals surface area contributed by atoms with Crippen LogP contribution in [0.4, 0.5) is 8.78 Å². The highest BCUT2D eigenvalue weighted by molar-refractivity contribution is 5.18. The Morgan fingerprint density at radius 2 is 1.94 bits per heavy atom. The van der Waals surface area contributed by atoms with Crippen LogP contribution in [0.5, 0.6) is 0 Å². The molecule has 2 nitrogen and oxygen atoms in total. The van der Waals surface area contributed by atoms with E-state index in [0.717, 1.165) is 19.0 Å². The average Bonchev–Trinajstić information content (AvgIpc) is 2.21. The molecule has 1 aromatic carbocycles. The van der Waals surface area contributed by atoms with Crippen molar-refractivity contribution in [3.63, 3.8) is 0 Å².